The minimum atomic E-state index is -0.859. The number of ether oxygens (including phenoxy) is 1. The summed E-state index contributed by atoms with van der Waals surface area (Å²) in [7, 11) is 0. The molecule has 1 aromatic heterocycles. The molecule has 138 valence electrons. The topological polar surface area (TPSA) is 73.2 Å². The summed E-state index contributed by atoms with van der Waals surface area (Å²) in [5.41, 5.74) is 2.09. The lowest BCUT2D eigenvalue weighted by Crippen LogP contribution is -2.33. The van der Waals surface area contributed by atoms with Crippen LogP contribution in [0.25, 0.3) is 5.69 Å². The molecular weight excluding hydrogens is 366 g/mol. The van der Waals surface area contributed by atoms with Crippen LogP contribution in [-0.4, -0.2) is 21.7 Å². The number of aromatic nitrogens is 2. The van der Waals surface area contributed by atoms with Crippen LogP contribution in [0.5, 0.6) is 0 Å². The van der Waals surface area contributed by atoms with Gasteiger partial charge in [-0.05, 0) is 35.9 Å². The Labute approximate surface area is 161 Å². The van der Waals surface area contributed by atoms with Gasteiger partial charge in [0.2, 0.25) is 5.91 Å². The number of benzene rings is 2. The maximum atomic E-state index is 12.5. The van der Waals surface area contributed by atoms with E-state index in [9.17, 15) is 9.59 Å². The molecule has 27 heavy (non-hydrogen) atoms. The molecule has 0 aliphatic rings. The van der Waals surface area contributed by atoms with Crippen LogP contribution in [0.4, 0.5) is 0 Å². The molecule has 0 aliphatic carbocycles. The number of carbonyl (C=O) groups is 2. The molecule has 1 heterocycles. The van der Waals surface area contributed by atoms with Crippen molar-refractivity contribution in [2.24, 2.45) is 0 Å². The third-order valence-corrected chi connectivity index (χ3v) is 4.07. The summed E-state index contributed by atoms with van der Waals surface area (Å²) in [6.07, 6.45) is 1.77. The van der Waals surface area contributed by atoms with Gasteiger partial charge in [0.05, 0.1) is 5.69 Å². The van der Waals surface area contributed by atoms with Gasteiger partial charge in [0.1, 0.15) is 12.3 Å². The van der Waals surface area contributed by atoms with Crippen LogP contribution in [0.15, 0.2) is 66.9 Å². The first-order chi connectivity index (χ1) is 13.0. The Bertz CT molecular complexity index is 923. The van der Waals surface area contributed by atoms with E-state index in [1.165, 1.54) is 6.92 Å². The van der Waals surface area contributed by atoms with Crippen molar-refractivity contribution < 1.29 is 14.3 Å². The van der Waals surface area contributed by atoms with E-state index < -0.39 is 12.0 Å². The van der Waals surface area contributed by atoms with Gasteiger partial charge in [-0.2, -0.15) is 5.10 Å². The molecule has 2 aromatic carbocycles. The highest BCUT2D eigenvalue weighted by molar-refractivity contribution is 6.30. The number of carbonyl (C=O) groups excluding carboxylic acids is 2. The molecule has 0 saturated heterocycles. The fourth-order valence-electron chi connectivity index (χ4n) is 2.53. The summed E-state index contributed by atoms with van der Waals surface area (Å²) in [5, 5.41) is 7.64. The molecule has 0 aliphatic heterocycles. The number of nitrogens with one attached hydrogen (secondary N) is 1. The van der Waals surface area contributed by atoms with Gasteiger partial charge < -0.3 is 10.1 Å². The maximum absolute atomic E-state index is 12.5. The van der Waals surface area contributed by atoms with Crippen LogP contribution in [-0.2, 0) is 20.9 Å². The lowest BCUT2D eigenvalue weighted by Gasteiger charge is -2.16. The first kappa shape index (κ1) is 18.7. The van der Waals surface area contributed by atoms with Gasteiger partial charge in [-0.1, -0.05) is 41.9 Å². The zero-order chi connectivity index (χ0) is 19.2. The molecule has 0 fully saturated rings. The second-order valence-electron chi connectivity index (χ2n) is 5.88. The van der Waals surface area contributed by atoms with Crippen LogP contribution >= 0.6 is 11.6 Å². The first-order valence-electron chi connectivity index (χ1n) is 8.32. The van der Waals surface area contributed by atoms with Crippen molar-refractivity contribution in [1.82, 2.24) is 15.1 Å². The molecule has 1 N–H and O–H groups in total. The van der Waals surface area contributed by atoms with E-state index in [1.54, 1.807) is 53.3 Å². The van der Waals surface area contributed by atoms with Gasteiger partial charge in [-0.3, -0.25) is 4.79 Å². The summed E-state index contributed by atoms with van der Waals surface area (Å²) in [4.78, 5) is 23.9. The van der Waals surface area contributed by atoms with Crippen molar-refractivity contribution in [2.75, 3.05) is 0 Å². The predicted molar refractivity (Wildman–Crippen MR) is 101 cm³/mol. The zero-order valence-corrected chi connectivity index (χ0v) is 15.4. The maximum Gasteiger partial charge on any atom is 0.333 e. The number of amides is 1. The molecule has 1 atom stereocenters. The zero-order valence-electron chi connectivity index (χ0n) is 14.6. The highest BCUT2D eigenvalue weighted by Gasteiger charge is 2.23. The molecule has 7 heteroatoms. The molecule has 3 rings (SSSR count). The molecule has 6 nitrogen and oxygen atoms in total. The lowest BCUT2D eigenvalue weighted by molar-refractivity contribution is -0.149. The first-order valence-corrected chi connectivity index (χ1v) is 8.70. The van der Waals surface area contributed by atoms with E-state index in [0.29, 0.717) is 16.3 Å². The van der Waals surface area contributed by atoms with Crippen LogP contribution < -0.4 is 5.32 Å². The van der Waals surface area contributed by atoms with Crippen molar-refractivity contribution in [3.8, 4) is 5.69 Å². The van der Waals surface area contributed by atoms with Crippen molar-refractivity contribution >= 4 is 23.5 Å². The Kier molecular flexibility index (Phi) is 5.88. The van der Waals surface area contributed by atoms with Crippen LogP contribution in [0, 0.1) is 0 Å². The average molecular weight is 384 g/mol. The lowest BCUT2D eigenvalue weighted by atomic mass is 10.1. The van der Waals surface area contributed by atoms with Gasteiger partial charge in [0, 0.05) is 18.1 Å². The number of nitrogens with zero attached hydrogens (tertiary/aromatic N) is 2. The molecule has 0 saturated carbocycles. The van der Waals surface area contributed by atoms with Gasteiger partial charge >= 0.3 is 5.97 Å². The van der Waals surface area contributed by atoms with E-state index in [-0.39, 0.29) is 12.5 Å². The quantitative estimate of drug-likeness (QED) is 0.662. The van der Waals surface area contributed by atoms with E-state index >= 15 is 0 Å². The van der Waals surface area contributed by atoms with E-state index in [4.69, 9.17) is 16.3 Å². The molecule has 0 spiro atoms. The van der Waals surface area contributed by atoms with Gasteiger partial charge in [-0.25, -0.2) is 9.48 Å². The van der Waals surface area contributed by atoms with Crippen LogP contribution in [0.2, 0.25) is 5.02 Å². The number of hydrogen-bond acceptors (Lipinski definition) is 4. The summed E-state index contributed by atoms with van der Waals surface area (Å²) >= 11 is 5.89. The third kappa shape index (κ3) is 4.95. The average Bonchev–Trinajstić information content (AvgIpc) is 3.14. The van der Waals surface area contributed by atoms with Gasteiger partial charge in [0.25, 0.3) is 0 Å². The molecule has 0 bridgehead atoms. The summed E-state index contributed by atoms with van der Waals surface area (Å²) in [5.74, 6) is -0.856. The number of hydrogen-bond donors (Lipinski definition) is 1. The second-order valence-corrected chi connectivity index (χ2v) is 6.32. The van der Waals surface area contributed by atoms with Crippen molar-refractivity contribution in [3.63, 3.8) is 0 Å². The standard InChI is InChI=1S/C20H18ClN3O3/c1-14(25)22-19(15-5-3-2-4-6-15)20(26)27-13-17-11-12-24(23-17)18-9-7-16(21)8-10-18/h2-12,19H,13H2,1H3,(H,22,25). The number of esters is 1. The Hall–Kier alpha value is -3.12. The van der Waals surface area contributed by atoms with E-state index in [1.807, 2.05) is 18.2 Å². The highest BCUT2D eigenvalue weighted by atomic mass is 35.5. The van der Waals surface area contributed by atoms with Crippen LogP contribution in [0.1, 0.15) is 24.2 Å². The fourth-order valence-corrected chi connectivity index (χ4v) is 2.66. The number of rotatable bonds is 6. The third-order valence-electron chi connectivity index (χ3n) is 3.81. The van der Waals surface area contributed by atoms with Gasteiger partial charge in [-0.15, -0.1) is 0 Å². The summed E-state index contributed by atoms with van der Waals surface area (Å²) in [6.45, 7) is 1.36. The normalized spacial score (nSPS) is 11.6. The predicted octanol–water partition coefficient (Wildman–Crippen LogP) is 3.45. The Morgan fingerprint density at radius 2 is 1.81 bits per heavy atom. The SMILES string of the molecule is CC(=O)NC(C(=O)OCc1ccn(-c2ccc(Cl)cc2)n1)c1ccccc1. The molecule has 3 aromatic rings. The van der Waals surface area contributed by atoms with E-state index in [0.717, 1.165) is 5.69 Å². The number of halogens is 1. The monoisotopic (exact) mass is 383 g/mol. The summed E-state index contributed by atoms with van der Waals surface area (Å²) < 4.78 is 7.03. The van der Waals surface area contributed by atoms with Crippen molar-refractivity contribution in [1.29, 1.82) is 0 Å². The Morgan fingerprint density at radius 1 is 1.11 bits per heavy atom. The molecule has 0 radical (unpaired) electrons. The molecule has 1 unspecified atom stereocenters. The minimum absolute atomic E-state index is 0.00232. The second kappa shape index (κ2) is 8.51. The largest absolute Gasteiger partial charge is 0.457 e. The van der Waals surface area contributed by atoms with Gasteiger partial charge in [0.15, 0.2) is 6.04 Å². The molecule has 1 amide bonds. The van der Waals surface area contributed by atoms with Crippen LogP contribution in [0.3, 0.4) is 0 Å². The molecular formula is C20H18ClN3O3. The highest BCUT2D eigenvalue weighted by Crippen LogP contribution is 2.16. The van der Waals surface area contributed by atoms with E-state index in [2.05, 4.69) is 10.4 Å². The van der Waals surface area contributed by atoms with Crippen molar-refractivity contribution in [3.05, 3.63) is 83.1 Å². The fraction of sp³-hybridized carbons (Fsp3) is 0.150. The smallest absolute Gasteiger partial charge is 0.333 e. The summed E-state index contributed by atoms with van der Waals surface area (Å²) in [6, 6.07) is 17.1. The Morgan fingerprint density at radius 3 is 2.48 bits per heavy atom. The Balaban J connectivity index is 1.67. The minimum Gasteiger partial charge on any atom is -0.457 e. The van der Waals surface area contributed by atoms with Crippen molar-refractivity contribution in [2.45, 2.75) is 19.6 Å².